The van der Waals surface area contributed by atoms with E-state index < -0.39 is 5.97 Å². The zero-order chi connectivity index (χ0) is 24.1. The molecule has 172 valence electrons. The number of rotatable bonds is 6. The molecule has 4 rings (SSSR count). The molecule has 0 saturated carbocycles. The van der Waals surface area contributed by atoms with Crippen LogP contribution in [0.2, 0.25) is 0 Å². The first-order chi connectivity index (χ1) is 16.5. The van der Waals surface area contributed by atoms with Crippen molar-refractivity contribution in [2.45, 2.75) is 13.8 Å². The standard InChI is InChI=1S/C26H21BrN2O4S/c1-3-32-22-14-18(21(27)16-23(22)33-17(2)30)15-24-25(31)29(20-12-8-5-9-13-20)26(34-24)28-19-10-6-4-7-11-19/h4-16H,3H2,1-2H3/b24-15-,28-26?. The molecule has 0 spiro atoms. The molecular formula is C26H21BrN2O4S. The second-order valence-electron chi connectivity index (χ2n) is 7.16. The summed E-state index contributed by atoms with van der Waals surface area (Å²) in [5.74, 6) is 0.105. The highest BCUT2D eigenvalue weighted by Crippen LogP contribution is 2.40. The van der Waals surface area contributed by atoms with Crippen LogP contribution in [0.5, 0.6) is 11.5 Å². The molecule has 34 heavy (non-hydrogen) atoms. The second-order valence-corrected chi connectivity index (χ2v) is 9.03. The van der Waals surface area contributed by atoms with Gasteiger partial charge in [0.25, 0.3) is 5.91 Å². The van der Waals surface area contributed by atoms with Crippen LogP contribution in [-0.2, 0) is 9.59 Å². The Morgan fingerprint density at radius 3 is 2.38 bits per heavy atom. The third-order valence-electron chi connectivity index (χ3n) is 4.70. The predicted octanol–water partition coefficient (Wildman–Crippen LogP) is 6.58. The number of para-hydroxylation sites is 2. The lowest BCUT2D eigenvalue weighted by atomic mass is 10.1. The highest BCUT2D eigenvalue weighted by molar-refractivity contribution is 9.10. The number of anilines is 1. The quantitative estimate of drug-likeness (QED) is 0.202. The first-order valence-corrected chi connectivity index (χ1v) is 12.1. The summed E-state index contributed by atoms with van der Waals surface area (Å²) in [7, 11) is 0. The zero-order valence-electron chi connectivity index (χ0n) is 18.5. The van der Waals surface area contributed by atoms with Gasteiger partial charge in [0.1, 0.15) is 0 Å². The third kappa shape index (κ3) is 5.40. The summed E-state index contributed by atoms with van der Waals surface area (Å²) in [6, 6.07) is 22.3. The van der Waals surface area contributed by atoms with Gasteiger partial charge in [-0.15, -0.1) is 0 Å². The first kappa shape index (κ1) is 23.8. The Labute approximate surface area is 210 Å². The molecule has 3 aromatic rings. The summed E-state index contributed by atoms with van der Waals surface area (Å²) in [5.41, 5.74) is 2.20. The summed E-state index contributed by atoms with van der Waals surface area (Å²) < 4.78 is 11.6. The van der Waals surface area contributed by atoms with Crippen molar-refractivity contribution in [1.82, 2.24) is 0 Å². The number of esters is 1. The minimum atomic E-state index is -0.444. The molecule has 0 atom stereocenters. The van der Waals surface area contributed by atoms with E-state index in [9.17, 15) is 9.59 Å². The van der Waals surface area contributed by atoms with Gasteiger partial charge in [-0.3, -0.25) is 14.5 Å². The van der Waals surface area contributed by atoms with E-state index in [1.807, 2.05) is 67.6 Å². The summed E-state index contributed by atoms with van der Waals surface area (Å²) in [4.78, 5) is 31.8. The number of ether oxygens (including phenoxy) is 2. The van der Waals surface area contributed by atoms with Gasteiger partial charge in [0, 0.05) is 11.4 Å². The molecule has 1 heterocycles. The van der Waals surface area contributed by atoms with Gasteiger partial charge in [0.05, 0.1) is 22.9 Å². The molecule has 0 aliphatic carbocycles. The van der Waals surface area contributed by atoms with Crippen LogP contribution < -0.4 is 14.4 Å². The van der Waals surface area contributed by atoms with Crippen LogP contribution in [0.4, 0.5) is 11.4 Å². The number of hydrogen-bond donors (Lipinski definition) is 0. The smallest absolute Gasteiger partial charge is 0.308 e. The van der Waals surface area contributed by atoms with E-state index in [-0.39, 0.29) is 5.91 Å². The lowest BCUT2D eigenvalue weighted by Crippen LogP contribution is -2.28. The number of aliphatic imine (C=N–C) groups is 1. The third-order valence-corrected chi connectivity index (χ3v) is 6.36. The van der Waals surface area contributed by atoms with Gasteiger partial charge in [-0.25, -0.2) is 4.99 Å². The summed E-state index contributed by atoms with van der Waals surface area (Å²) >= 11 is 4.82. The van der Waals surface area contributed by atoms with E-state index in [0.29, 0.717) is 38.2 Å². The van der Waals surface area contributed by atoms with E-state index in [1.54, 1.807) is 23.1 Å². The van der Waals surface area contributed by atoms with Crippen molar-refractivity contribution >= 4 is 62.2 Å². The number of benzene rings is 3. The number of carbonyl (C=O) groups is 2. The average molecular weight is 537 g/mol. The van der Waals surface area contributed by atoms with Gasteiger partial charge in [0.2, 0.25) is 0 Å². The Hall–Kier alpha value is -3.36. The number of hydrogen-bond acceptors (Lipinski definition) is 6. The van der Waals surface area contributed by atoms with E-state index in [4.69, 9.17) is 14.5 Å². The summed E-state index contributed by atoms with van der Waals surface area (Å²) in [6.07, 6.45) is 1.78. The Morgan fingerprint density at radius 2 is 1.74 bits per heavy atom. The lowest BCUT2D eigenvalue weighted by Gasteiger charge is -2.15. The number of carbonyl (C=O) groups excluding carboxylic acids is 2. The van der Waals surface area contributed by atoms with Crippen LogP contribution >= 0.6 is 27.7 Å². The van der Waals surface area contributed by atoms with Crippen LogP contribution in [0.3, 0.4) is 0 Å². The van der Waals surface area contributed by atoms with Crippen LogP contribution in [-0.4, -0.2) is 23.7 Å². The van der Waals surface area contributed by atoms with Gasteiger partial charge in [-0.1, -0.05) is 52.3 Å². The molecule has 3 aromatic carbocycles. The Balaban J connectivity index is 1.76. The number of thioether (sulfide) groups is 1. The fourth-order valence-corrected chi connectivity index (χ4v) is 4.70. The summed E-state index contributed by atoms with van der Waals surface area (Å²) in [6.45, 7) is 3.58. The molecule has 0 aromatic heterocycles. The molecule has 1 fully saturated rings. The molecule has 0 bridgehead atoms. The van der Waals surface area contributed by atoms with Gasteiger partial charge >= 0.3 is 5.97 Å². The molecular weight excluding hydrogens is 516 g/mol. The van der Waals surface area contributed by atoms with Crippen molar-refractivity contribution in [3.8, 4) is 11.5 Å². The SMILES string of the molecule is CCOc1cc(/C=C2\SC(=Nc3ccccc3)N(c3ccccc3)C2=O)c(Br)cc1OC(C)=O. The fourth-order valence-electron chi connectivity index (χ4n) is 3.27. The van der Waals surface area contributed by atoms with Gasteiger partial charge in [-0.05, 0) is 66.7 Å². The van der Waals surface area contributed by atoms with Gasteiger partial charge < -0.3 is 9.47 Å². The van der Waals surface area contributed by atoms with Crippen molar-refractivity contribution in [2.24, 2.45) is 4.99 Å². The molecule has 1 amide bonds. The molecule has 1 aliphatic heterocycles. The highest BCUT2D eigenvalue weighted by atomic mass is 79.9. The summed E-state index contributed by atoms with van der Waals surface area (Å²) in [5, 5.41) is 0.561. The van der Waals surface area contributed by atoms with Crippen molar-refractivity contribution in [1.29, 1.82) is 0 Å². The minimum absolute atomic E-state index is 0.181. The number of nitrogens with zero attached hydrogens (tertiary/aromatic N) is 2. The Bertz CT molecular complexity index is 1280. The molecule has 1 saturated heterocycles. The number of amides is 1. The number of amidine groups is 1. The highest BCUT2D eigenvalue weighted by Gasteiger charge is 2.35. The topological polar surface area (TPSA) is 68.2 Å². The van der Waals surface area contributed by atoms with Crippen molar-refractivity contribution in [3.05, 3.63) is 87.7 Å². The van der Waals surface area contributed by atoms with E-state index >= 15 is 0 Å². The molecule has 8 heteroatoms. The van der Waals surface area contributed by atoms with Crippen LogP contribution in [0.1, 0.15) is 19.4 Å². The maximum Gasteiger partial charge on any atom is 0.308 e. The lowest BCUT2D eigenvalue weighted by molar-refractivity contribution is -0.132. The van der Waals surface area contributed by atoms with Crippen molar-refractivity contribution < 1.29 is 19.1 Å². The molecule has 6 nitrogen and oxygen atoms in total. The van der Waals surface area contributed by atoms with E-state index in [0.717, 1.165) is 11.4 Å². The maximum absolute atomic E-state index is 13.5. The molecule has 0 N–H and O–H groups in total. The normalized spacial score (nSPS) is 15.7. The predicted molar refractivity (Wildman–Crippen MR) is 140 cm³/mol. The van der Waals surface area contributed by atoms with Gasteiger partial charge in [-0.2, -0.15) is 0 Å². The zero-order valence-corrected chi connectivity index (χ0v) is 20.9. The van der Waals surface area contributed by atoms with Crippen molar-refractivity contribution in [3.63, 3.8) is 0 Å². The van der Waals surface area contributed by atoms with Gasteiger partial charge in [0.15, 0.2) is 16.7 Å². The second kappa shape index (κ2) is 10.7. The Morgan fingerprint density at radius 1 is 1.06 bits per heavy atom. The average Bonchev–Trinajstić information content (AvgIpc) is 3.12. The number of halogens is 1. The van der Waals surface area contributed by atoms with Crippen LogP contribution in [0.25, 0.3) is 6.08 Å². The van der Waals surface area contributed by atoms with Crippen LogP contribution in [0.15, 0.2) is 87.2 Å². The van der Waals surface area contributed by atoms with Crippen LogP contribution in [0, 0.1) is 0 Å². The molecule has 0 radical (unpaired) electrons. The van der Waals surface area contributed by atoms with E-state index in [1.165, 1.54) is 18.7 Å². The molecule has 0 unspecified atom stereocenters. The first-order valence-electron chi connectivity index (χ1n) is 10.5. The molecule has 1 aliphatic rings. The largest absolute Gasteiger partial charge is 0.490 e. The Kier molecular flexibility index (Phi) is 7.49. The monoisotopic (exact) mass is 536 g/mol. The maximum atomic E-state index is 13.5. The fraction of sp³-hybridized carbons (Fsp3) is 0.115. The minimum Gasteiger partial charge on any atom is -0.490 e. The van der Waals surface area contributed by atoms with Crippen molar-refractivity contribution in [2.75, 3.05) is 11.5 Å². The van der Waals surface area contributed by atoms with E-state index in [2.05, 4.69) is 15.9 Å².